The first-order valence-corrected chi connectivity index (χ1v) is 6.22. The number of hydrogen-bond donors (Lipinski definition) is 1. The van der Waals surface area contributed by atoms with E-state index in [0.29, 0.717) is 0 Å². The second kappa shape index (κ2) is 5.73. The summed E-state index contributed by atoms with van der Waals surface area (Å²) >= 11 is 0. The zero-order chi connectivity index (χ0) is 13.0. The van der Waals surface area contributed by atoms with Crippen molar-refractivity contribution in [1.82, 2.24) is 25.3 Å². The van der Waals surface area contributed by atoms with E-state index in [2.05, 4.69) is 26.6 Å². The Morgan fingerprint density at radius 3 is 2.67 bits per heavy atom. The number of aryl methyl sites for hydroxylation is 3. The predicted molar refractivity (Wildman–Crippen MR) is 70.0 cm³/mol. The third-order valence-corrected chi connectivity index (χ3v) is 2.93. The minimum absolute atomic E-state index is 0.736. The topological polar surface area (TPSA) is 55.6 Å². The largest absolute Gasteiger partial charge is 0.307 e. The molecule has 2 heterocycles. The average Bonchev–Trinajstić information content (AvgIpc) is 2.73. The van der Waals surface area contributed by atoms with Crippen LogP contribution < -0.4 is 5.32 Å². The highest BCUT2D eigenvalue weighted by Crippen LogP contribution is 2.05. The van der Waals surface area contributed by atoms with Crippen molar-refractivity contribution in [1.29, 1.82) is 0 Å². The molecule has 5 nitrogen and oxygen atoms in total. The van der Waals surface area contributed by atoms with Gasteiger partial charge in [-0.1, -0.05) is 6.07 Å². The van der Waals surface area contributed by atoms with E-state index >= 15 is 0 Å². The Balaban J connectivity index is 1.92. The van der Waals surface area contributed by atoms with E-state index in [9.17, 15) is 0 Å². The van der Waals surface area contributed by atoms with Crippen LogP contribution in [0.1, 0.15) is 29.6 Å². The van der Waals surface area contributed by atoms with E-state index in [0.717, 1.165) is 36.7 Å². The van der Waals surface area contributed by atoms with Gasteiger partial charge in [-0.3, -0.25) is 4.98 Å². The second-order valence-corrected chi connectivity index (χ2v) is 4.27. The van der Waals surface area contributed by atoms with Gasteiger partial charge in [-0.25, -0.2) is 0 Å². The van der Waals surface area contributed by atoms with Gasteiger partial charge >= 0.3 is 0 Å². The molecule has 0 fully saturated rings. The lowest BCUT2D eigenvalue weighted by atomic mass is 10.2. The summed E-state index contributed by atoms with van der Waals surface area (Å²) < 4.78 is 0. The summed E-state index contributed by atoms with van der Waals surface area (Å²) in [6.07, 6.45) is 1.82. The lowest BCUT2D eigenvalue weighted by molar-refractivity contribution is 0.555. The molecule has 96 valence electrons. The van der Waals surface area contributed by atoms with Crippen molar-refractivity contribution in [2.45, 2.75) is 40.4 Å². The molecule has 0 aliphatic rings. The maximum atomic E-state index is 4.41. The summed E-state index contributed by atoms with van der Waals surface area (Å²) in [7, 11) is 0. The van der Waals surface area contributed by atoms with E-state index < -0.39 is 0 Å². The Hall–Kier alpha value is -1.75. The summed E-state index contributed by atoms with van der Waals surface area (Å²) in [5, 5.41) is 12.1. The molecule has 2 aromatic rings. The van der Waals surface area contributed by atoms with Gasteiger partial charge < -0.3 is 5.32 Å². The number of pyridine rings is 1. The van der Waals surface area contributed by atoms with Gasteiger partial charge in [0.25, 0.3) is 0 Å². The molecule has 0 radical (unpaired) electrons. The van der Waals surface area contributed by atoms with Crippen molar-refractivity contribution in [2.75, 3.05) is 0 Å². The summed E-state index contributed by atoms with van der Waals surface area (Å²) in [5.41, 5.74) is 4.29. The second-order valence-electron chi connectivity index (χ2n) is 4.27. The van der Waals surface area contributed by atoms with Crippen LogP contribution in [-0.2, 0) is 19.6 Å². The molecule has 0 unspecified atom stereocenters. The molecule has 0 atom stereocenters. The fourth-order valence-corrected chi connectivity index (χ4v) is 1.79. The van der Waals surface area contributed by atoms with Gasteiger partial charge in [-0.05, 0) is 32.4 Å². The molecule has 0 spiro atoms. The molecule has 0 aliphatic carbocycles. The molecule has 0 amide bonds. The Labute approximate surface area is 107 Å². The Bertz CT molecular complexity index is 518. The molecule has 2 aromatic heterocycles. The SMILES string of the molecule is CCn1nc(C)c(CNCc2cccnc2C)n1. The van der Waals surface area contributed by atoms with Crippen LogP contribution in [0.4, 0.5) is 0 Å². The van der Waals surface area contributed by atoms with E-state index in [4.69, 9.17) is 0 Å². The normalized spacial score (nSPS) is 10.8. The van der Waals surface area contributed by atoms with Gasteiger partial charge in [-0.2, -0.15) is 15.0 Å². The van der Waals surface area contributed by atoms with Crippen molar-refractivity contribution >= 4 is 0 Å². The monoisotopic (exact) mass is 245 g/mol. The van der Waals surface area contributed by atoms with Crippen LogP contribution in [0.3, 0.4) is 0 Å². The van der Waals surface area contributed by atoms with Crippen molar-refractivity contribution in [2.24, 2.45) is 0 Å². The van der Waals surface area contributed by atoms with Crippen LogP contribution in [0.15, 0.2) is 18.3 Å². The van der Waals surface area contributed by atoms with Gasteiger partial charge in [0.15, 0.2) is 0 Å². The Kier molecular flexibility index (Phi) is 4.04. The highest BCUT2D eigenvalue weighted by molar-refractivity contribution is 5.18. The van der Waals surface area contributed by atoms with E-state index in [1.807, 2.05) is 33.0 Å². The number of rotatable bonds is 5. The van der Waals surface area contributed by atoms with Crippen molar-refractivity contribution in [3.8, 4) is 0 Å². The first-order valence-electron chi connectivity index (χ1n) is 6.22. The van der Waals surface area contributed by atoms with Gasteiger partial charge in [0.2, 0.25) is 0 Å². The minimum Gasteiger partial charge on any atom is -0.307 e. The van der Waals surface area contributed by atoms with Crippen LogP contribution in [0.5, 0.6) is 0 Å². The summed E-state index contributed by atoms with van der Waals surface area (Å²) in [4.78, 5) is 5.99. The first kappa shape index (κ1) is 12.7. The quantitative estimate of drug-likeness (QED) is 0.869. The maximum Gasteiger partial charge on any atom is 0.0994 e. The van der Waals surface area contributed by atoms with E-state index in [-0.39, 0.29) is 0 Å². The minimum atomic E-state index is 0.736. The third-order valence-electron chi connectivity index (χ3n) is 2.93. The van der Waals surface area contributed by atoms with Crippen LogP contribution in [0.25, 0.3) is 0 Å². The molecular weight excluding hydrogens is 226 g/mol. The zero-order valence-electron chi connectivity index (χ0n) is 11.1. The standard InChI is InChI=1S/C13H19N5/c1-4-18-16-11(3)13(17-18)9-14-8-12-6-5-7-15-10(12)2/h5-7,14H,4,8-9H2,1-3H3. The molecule has 2 rings (SSSR count). The van der Waals surface area contributed by atoms with Gasteiger partial charge in [0.1, 0.15) is 0 Å². The molecule has 5 heteroatoms. The molecular formula is C13H19N5. The third kappa shape index (κ3) is 2.92. The molecule has 18 heavy (non-hydrogen) atoms. The number of nitrogens with one attached hydrogen (secondary N) is 1. The fourth-order valence-electron chi connectivity index (χ4n) is 1.79. The van der Waals surface area contributed by atoms with E-state index in [1.165, 1.54) is 5.56 Å². The summed E-state index contributed by atoms with van der Waals surface area (Å²) in [5.74, 6) is 0. The maximum absolute atomic E-state index is 4.41. The molecule has 0 saturated carbocycles. The smallest absolute Gasteiger partial charge is 0.0994 e. The molecule has 1 N–H and O–H groups in total. The molecule has 0 aromatic carbocycles. The summed E-state index contributed by atoms with van der Waals surface area (Å²) in [6, 6.07) is 4.05. The zero-order valence-corrected chi connectivity index (χ0v) is 11.1. The van der Waals surface area contributed by atoms with Gasteiger partial charge in [-0.15, -0.1) is 0 Å². The molecule has 0 saturated heterocycles. The highest BCUT2D eigenvalue weighted by atomic mass is 15.5. The lowest BCUT2D eigenvalue weighted by Gasteiger charge is -2.05. The van der Waals surface area contributed by atoms with E-state index in [1.54, 1.807) is 4.80 Å². The van der Waals surface area contributed by atoms with Crippen LogP contribution >= 0.6 is 0 Å². The number of hydrogen-bond acceptors (Lipinski definition) is 4. The van der Waals surface area contributed by atoms with Gasteiger partial charge in [0, 0.05) is 25.0 Å². The average molecular weight is 245 g/mol. The molecule has 0 bridgehead atoms. The molecule has 0 aliphatic heterocycles. The Morgan fingerprint density at radius 2 is 2.00 bits per heavy atom. The highest BCUT2D eigenvalue weighted by Gasteiger charge is 2.05. The van der Waals surface area contributed by atoms with Crippen molar-refractivity contribution < 1.29 is 0 Å². The summed E-state index contributed by atoms with van der Waals surface area (Å²) in [6.45, 7) is 8.40. The predicted octanol–water partition coefficient (Wildman–Crippen LogP) is 1.60. The van der Waals surface area contributed by atoms with Crippen LogP contribution in [0, 0.1) is 13.8 Å². The Morgan fingerprint density at radius 1 is 1.17 bits per heavy atom. The number of nitrogens with zero attached hydrogens (tertiary/aromatic N) is 4. The number of aromatic nitrogens is 4. The van der Waals surface area contributed by atoms with Crippen molar-refractivity contribution in [3.05, 3.63) is 41.0 Å². The van der Waals surface area contributed by atoms with Crippen LogP contribution in [0.2, 0.25) is 0 Å². The van der Waals surface area contributed by atoms with Crippen LogP contribution in [-0.4, -0.2) is 20.0 Å². The van der Waals surface area contributed by atoms with Gasteiger partial charge in [0.05, 0.1) is 17.9 Å². The fraction of sp³-hybridized carbons (Fsp3) is 0.462. The first-order chi connectivity index (χ1) is 8.70. The van der Waals surface area contributed by atoms with Crippen molar-refractivity contribution in [3.63, 3.8) is 0 Å². The lowest BCUT2D eigenvalue weighted by Crippen LogP contribution is -2.15.